The van der Waals surface area contributed by atoms with Crippen molar-refractivity contribution in [3.63, 3.8) is 0 Å². The van der Waals surface area contributed by atoms with Gasteiger partial charge in [0.05, 0.1) is 12.5 Å². The number of nitrogens with zero attached hydrogens (tertiary/aromatic N) is 2. The second kappa shape index (κ2) is 8.86. The van der Waals surface area contributed by atoms with Gasteiger partial charge in [0.2, 0.25) is 5.91 Å². The fourth-order valence-corrected chi connectivity index (χ4v) is 5.67. The van der Waals surface area contributed by atoms with Crippen LogP contribution < -0.4 is 0 Å². The zero-order valence-electron chi connectivity index (χ0n) is 16.5. The first kappa shape index (κ1) is 20.4. The third-order valence-electron chi connectivity index (χ3n) is 6.29. The summed E-state index contributed by atoms with van der Waals surface area (Å²) in [5.74, 6) is 0.261. The van der Waals surface area contributed by atoms with E-state index in [2.05, 4.69) is 63.7 Å². The van der Waals surface area contributed by atoms with Crippen LogP contribution in [0.15, 0.2) is 53.9 Å². The largest absolute Gasteiger partial charge is 0.334 e. The molecule has 0 radical (unpaired) electrons. The molecule has 1 amide bonds. The van der Waals surface area contributed by atoms with Gasteiger partial charge in [-0.05, 0) is 71.9 Å². The topological polar surface area (TPSA) is 23.6 Å². The molecule has 0 aliphatic carbocycles. The Hall–Kier alpha value is -1.88. The van der Waals surface area contributed by atoms with Gasteiger partial charge < -0.3 is 9.80 Å². The first-order valence-corrected chi connectivity index (χ1v) is 11.2. The highest BCUT2D eigenvalue weighted by Gasteiger charge is 2.32. The fourth-order valence-electron chi connectivity index (χ4n) is 4.83. The number of rotatable bonds is 4. The minimum atomic E-state index is 0. The van der Waals surface area contributed by atoms with Crippen LogP contribution in [0.3, 0.4) is 0 Å². The van der Waals surface area contributed by atoms with Crippen LogP contribution in [0.5, 0.6) is 0 Å². The van der Waals surface area contributed by atoms with E-state index in [1.807, 2.05) is 0 Å². The van der Waals surface area contributed by atoms with Gasteiger partial charge in [0.1, 0.15) is 0 Å². The van der Waals surface area contributed by atoms with Crippen molar-refractivity contribution in [3.8, 4) is 0 Å². The minimum Gasteiger partial charge on any atom is -0.334 e. The number of carbonyl (C=O) groups is 1. The summed E-state index contributed by atoms with van der Waals surface area (Å²) in [5, 5.41) is 3.35. The van der Waals surface area contributed by atoms with E-state index in [1.165, 1.54) is 34.1 Å². The highest BCUT2D eigenvalue weighted by Crippen LogP contribution is 2.32. The Balaban J connectivity index is 0.00000205. The predicted molar refractivity (Wildman–Crippen MR) is 123 cm³/mol. The molecule has 1 saturated heterocycles. The molecule has 2 aromatic carbocycles. The third-order valence-corrected chi connectivity index (χ3v) is 7.17. The van der Waals surface area contributed by atoms with Crippen molar-refractivity contribution in [1.29, 1.82) is 0 Å². The molecule has 2 aliphatic heterocycles. The van der Waals surface area contributed by atoms with Crippen LogP contribution in [0, 0.1) is 0 Å². The van der Waals surface area contributed by atoms with Crippen LogP contribution in [-0.2, 0) is 17.6 Å². The van der Waals surface area contributed by atoms with Crippen LogP contribution in [-0.4, -0.2) is 41.9 Å². The quantitative estimate of drug-likeness (QED) is 0.580. The second-order valence-corrected chi connectivity index (χ2v) is 8.93. The third kappa shape index (κ3) is 4.07. The van der Waals surface area contributed by atoms with Gasteiger partial charge in [0.15, 0.2) is 0 Å². The first-order chi connectivity index (χ1) is 13.8. The molecule has 3 heterocycles. The zero-order valence-corrected chi connectivity index (χ0v) is 18.2. The molecule has 1 fully saturated rings. The summed E-state index contributed by atoms with van der Waals surface area (Å²) >= 11 is 1.75. The summed E-state index contributed by atoms with van der Waals surface area (Å²) in [6, 6.07) is 17.4. The van der Waals surface area contributed by atoms with E-state index in [4.69, 9.17) is 0 Å². The van der Waals surface area contributed by atoms with Gasteiger partial charge in [-0.25, -0.2) is 0 Å². The highest BCUT2D eigenvalue weighted by molar-refractivity contribution is 7.17. The van der Waals surface area contributed by atoms with Gasteiger partial charge in [0.25, 0.3) is 0 Å². The second-order valence-electron chi connectivity index (χ2n) is 7.99. The van der Waals surface area contributed by atoms with Gasteiger partial charge in [-0.3, -0.25) is 4.79 Å². The summed E-state index contributed by atoms with van der Waals surface area (Å²) in [7, 11) is 0. The molecule has 0 bridgehead atoms. The molecular formula is C24H27ClN2OS. The SMILES string of the molecule is Cl.O=C(Cc1cccc2sccc12)N1CCc2ccccc2C1CN1CCCC1. The summed E-state index contributed by atoms with van der Waals surface area (Å²) in [4.78, 5) is 18.1. The summed E-state index contributed by atoms with van der Waals surface area (Å²) in [6.45, 7) is 4.11. The van der Waals surface area contributed by atoms with Crippen molar-refractivity contribution in [1.82, 2.24) is 9.80 Å². The number of halogens is 1. The van der Waals surface area contributed by atoms with E-state index in [0.29, 0.717) is 6.42 Å². The number of hydrogen-bond acceptors (Lipinski definition) is 3. The number of fused-ring (bicyclic) bond motifs is 2. The number of likely N-dealkylation sites (tertiary alicyclic amines) is 1. The maximum Gasteiger partial charge on any atom is 0.227 e. The van der Waals surface area contributed by atoms with Crippen molar-refractivity contribution in [2.45, 2.75) is 31.7 Å². The Morgan fingerprint density at radius 3 is 2.69 bits per heavy atom. The Kier molecular flexibility index (Phi) is 6.23. The fraction of sp³-hybridized carbons (Fsp3) is 0.375. The number of amides is 1. The Morgan fingerprint density at radius 1 is 1.00 bits per heavy atom. The highest BCUT2D eigenvalue weighted by atomic mass is 35.5. The van der Waals surface area contributed by atoms with E-state index < -0.39 is 0 Å². The van der Waals surface area contributed by atoms with Gasteiger partial charge in [0, 0.05) is 17.8 Å². The molecule has 152 valence electrons. The van der Waals surface area contributed by atoms with E-state index in [-0.39, 0.29) is 24.4 Å². The molecule has 1 unspecified atom stereocenters. The average Bonchev–Trinajstić information content (AvgIpc) is 3.40. The molecule has 3 nitrogen and oxygen atoms in total. The van der Waals surface area contributed by atoms with E-state index >= 15 is 0 Å². The molecule has 29 heavy (non-hydrogen) atoms. The monoisotopic (exact) mass is 426 g/mol. The molecule has 0 spiro atoms. The normalized spacial score (nSPS) is 19.2. The summed E-state index contributed by atoms with van der Waals surface area (Å²) in [6.07, 6.45) is 4.01. The lowest BCUT2D eigenvalue weighted by Crippen LogP contribution is -2.45. The van der Waals surface area contributed by atoms with Crippen LogP contribution in [0.2, 0.25) is 0 Å². The van der Waals surface area contributed by atoms with Gasteiger partial charge >= 0.3 is 0 Å². The standard InChI is InChI=1S/C24H26N2OS.ClH/c27-24(16-19-7-5-9-23-21(19)11-15-28-23)26-14-10-18-6-1-2-8-20(18)22(26)17-25-12-3-4-13-25;/h1-2,5-9,11,15,22H,3-4,10,12-14,16-17H2;1H. The van der Waals surface area contributed by atoms with Gasteiger partial charge in [-0.2, -0.15) is 0 Å². The number of carbonyl (C=O) groups excluding carboxylic acids is 1. The van der Waals surface area contributed by atoms with Crippen molar-refractivity contribution < 1.29 is 4.79 Å². The molecule has 0 saturated carbocycles. The lowest BCUT2D eigenvalue weighted by atomic mass is 9.91. The molecule has 1 aromatic heterocycles. The maximum atomic E-state index is 13.4. The number of thiophene rings is 1. The molecule has 2 aliphatic rings. The summed E-state index contributed by atoms with van der Waals surface area (Å²) in [5.41, 5.74) is 3.92. The lowest BCUT2D eigenvalue weighted by Gasteiger charge is -2.39. The van der Waals surface area contributed by atoms with Gasteiger partial charge in [-0.1, -0.05) is 36.4 Å². The lowest BCUT2D eigenvalue weighted by molar-refractivity contribution is -0.133. The zero-order chi connectivity index (χ0) is 18.9. The summed E-state index contributed by atoms with van der Waals surface area (Å²) < 4.78 is 1.27. The van der Waals surface area contributed by atoms with Crippen LogP contribution in [0.4, 0.5) is 0 Å². The maximum absolute atomic E-state index is 13.4. The van der Waals surface area contributed by atoms with E-state index in [0.717, 1.165) is 38.2 Å². The minimum absolute atomic E-state index is 0. The Morgan fingerprint density at radius 2 is 1.83 bits per heavy atom. The predicted octanol–water partition coefficient (Wildman–Crippen LogP) is 5.09. The number of hydrogen-bond donors (Lipinski definition) is 0. The van der Waals surface area contributed by atoms with E-state index in [9.17, 15) is 4.79 Å². The van der Waals surface area contributed by atoms with Crippen molar-refractivity contribution in [2.75, 3.05) is 26.2 Å². The molecule has 1 atom stereocenters. The Bertz CT molecular complexity index is 995. The van der Waals surface area contributed by atoms with E-state index in [1.54, 1.807) is 11.3 Å². The molecule has 3 aromatic rings. The van der Waals surface area contributed by atoms with Crippen LogP contribution in [0.1, 0.15) is 35.6 Å². The Labute approximate surface area is 182 Å². The first-order valence-electron chi connectivity index (χ1n) is 10.3. The average molecular weight is 427 g/mol. The van der Waals surface area contributed by atoms with Crippen molar-refractivity contribution >= 4 is 39.7 Å². The van der Waals surface area contributed by atoms with Crippen LogP contribution in [0.25, 0.3) is 10.1 Å². The molecule has 5 heteroatoms. The van der Waals surface area contributed by atoms with Gasteiger partial charge in [-0.15, -0.1) is 23.7 Å². The van der Waals surface area contributed by atoms with Crippen molar-refractivity contribution in [3.05, 3.63) is 70.6 Å². The number of benzene rings is 2. The van der Waals surface area contributed by atoms with Crippen LogP contribution >= 0.6 is 23.7 Å². The molecular weight excluding hydrogens is 400 g/mol. The van der Waals surface area contributed by atoms with Crippen molar-refractivity contribution in [2.24, 2.45) is 0 Å². The molecule has 5 rings (SSSR count). The smallest absolute Gasteiger partial charge is 0.227 e. The molecule has 0 N–H and O–H groups in total.